The van der Waals surface area contributed by atoms with Gasteiger partial charge in [-0.15, -0.1) is 0 Å². The molecular formula is C15H18FNO5. The van der Waals surface area contributed by atoms with Crippen LogP contribution in [0, 0.1) is 5.82 Å². The van der Waals surface area contributed by atoms with Crippen molar-refractivity contribution in [2.24, 2.45) is 0 Å². The Morgan fingerprint density at radius 1 is 1.55 bits per heavy atom. The predicted octanol–water partition coefficient (Wildman–Crippen LogP) is 1.65. The maximum absolute atomic E-state index is 13.7. The van der Waals surface area contributed by atoms with Gasteiger partial charge in [-0.05, 0) is 30.5 Å². The lowest BCUT2D eigenvalue weighted by molar-refractivity contribution is -0.142. The monoisotopic (exact) mass is 311 g/mol. The van der Waals surface area contributed by atoms with Crippen LogP contribution in [0.25, 0.3) is 0 Å². The van der Waals surface area contributed by atoms with Gasteiger partial charge in [-0.25, -0.2) is 9.18 Å². The molecule has 2 atom stereocenters. The summed E-state index contributed by atoms with van der Waals surface area (Å²) in [4.78, 5) is 23.3. The largest absolute Gasteiger partial charge is 0.494 e. The molecule has 120 valence electrons. The van der Waals surface area contributed by atoms with Crippen molar-refractivity contribution in [1.82, 2.24) is 5.32 Å². The minimum absolute atomic E-state index is 0.0126. The highest BCUT2D eigenvalue weighted by atomic mass is 19.1. The molecule has 1 aromatic carbocycles. The lowest BCUT2D eigenvalue weighted by atomic mass is 10.1. The summed E-state index contributed by atoms with van der Waals surface area (Å²) in [5.74, 6) is -2.36. The van der Waals surface area contributed by atoms with Crippen LogP contribution in [0.2, 0.25) is 0 Å². The van der Waals surface area contributed by atoms with E-state index in [1.165, 1.54) is 19.2 Å². The van der Waals surface area contributed by atoms with Crippen LogP contribution < -0.4 is 10.1 Å². The molecule has 2 unspecified atom stereocenters. The first-order valence-corrected chi connectivity index (χ1v) is 6.98. The normalized spacial score (nSPS) is 18.7. The van der Waals surface area contributed by atoms with Crippen LogP contribution in [0.1, 0.15) is 30.9 Å². The van der Waals surface area contributed by atoms with Crippen LogP contribution >= 0.6 is 0 Å². The molecule has 0 bridgehead atoms. The van der Waals surface area contributed by atoms with Crippen molar-refractivity contribution < 1.29 is 28.6 Å². The molecule has 22 heavy (non-hydrogen) atoms. The molecule has 2 N–H and O–H groups in total. The van der Waals surface area contributed by atoms with Gasteiger partial charge in [0.05, 0.1) is 19.6 Å². The SMILES string of the molecule is COc1ccc(C(NC(=O)CC2CCCO2)C(=O)O)cc1F. The standard InChI is InChI=1S/C15H18FNO5/c1-21-12-5-4-9(7-11(12)16)14(15(19)20)17-13(18)8-10-3-2-6-22-10/h4-5,7,10,14H,2-3,6,8H2,1H3,(H,17,18)(H,19,20). The van der Waals surface area contributed by atoms with Crippen LogP contribution in [0.4, 0.5) is 4.39 Å². The number of carbonyl (C=O) groups excluding carboxylic acids is 1. The number of halogens is 1. The van der Waals surface area contributed by atoms with Crippen LogP contribution in [-0.4, -0.2) is 36.8 Å². The first-order chi connectivity index (χ1) is 10.5. The summed E-state index contributed by atoms with van der Waals surface area (Å²) >= 11 is 0. The van der Waals surface area contributed by atoms with E-state index in [2.05, 4.69) is 5.32 Å². The van der Waals surface area contributed by atoms with E-state index >= 15 is 0 Å². The van der Waals surface area contributed by atoms with Crippen LogP contribution in [0.5, 0.6) is 5.75 Å². The van der Waals surface area contributed by atoms with Gasteiger partial charge in [0.2, 0.25) is 5.91 Å². The lowest BCUT2D eigenvalue weighted by Crippen LogP contribution is -2.35. The van der Waals surface area contributed by atoms with Crippen molar-refractivity contribution in [2.75, 3.05) is 13.7 Å². The number of ether oxygens (including phenoxy) is 2. The second kappa shape index (κ2) is 7.22. The Hall–Kier alpha value is -2.15. The molecule has 2 rings (SSSR count). The molecule has 1 aliphatic heterocycles. The summed E-state index contributed by atoms with van der Waals surface area (Å²) in [5.41, 5.74) is 0.145. The molecule has 0 aliphatic carbocycles. The number of aliphatic carboxylic acids is 1. The molecule has 0 aromatic heterocycles. The topological polar surface area (TPSA) is 84.9 Å². The molecule has 1 amide bonds. The molecule has 0 saturated carbocycles. The summed E-state index contributed by atoms with van der Waals surface area (Å²) in [7, 11) is 1.32. The third-order valence-corrected chi connectivity index (χ3v) is 3.50. The van der Waals surface area contributed by atoms with Crippen molar-refractivity contribution in [1.29, 1.82) is 0 Å². The van der Waals surface area contributed by atoms with E-state index < -0.39 is 23.7 Å². The third-order valence-electron chi connectivity index (χ3n) is 3.50. The van der Waals surface area contributed by atoms with Gasteiger partial charge in [-0.3, -0.25) is 4.79 Å². The molecule has 1 heterocycles. The fourth-order valence-corrected chi connectivity index (χ4v) is 2.38. The Kier molecular flexibility index (Phi) is 5.32. The smallest absolute Gasteiger partial charge is 0.330 e. The fourth-order valence-electron chi connectivity index (χ4n) is 2.38. The third kappa shape index (κ3) is 3.94. The van der Waals surface area contributed by atoms with Gasteiger partial charge in [0.1, 0.15) is 0 Å². The molecule has 7 heteroatoms. The number of carboxylic acids is 1. The zero-order valence-corrected chi connectivity index (χ0v) is 12.2. The van der Waals surface area contributed by atoms with E-state index in [-0.39, 0.29) is 23.8 Å². The molecule has 1 aromatic rings. The van der Waals surface area contributed by atoms with E-state index in [0.717, 1.165) is 18.9 Å². The lowest BCUT2D eigenvalue weighted by Gasteiger charge is -2.17. The molecule has 0 radical (unpaired) electrons. The number of rotatable bonds is 6. The van der Waals surface area contributed by atoms with Crippen molar-refractivity contribution in [3.05, 3.63) is 29.6 Å². The maximum atomic E-state index is 13.7. The van der Waals surface area contributed by atoms with Crippen molar-refractivity contribution >= 4 is 11.9 Å². The molecule has 1 fully saturated rings. The quantitative estimate of drug-likeness (QED) is 0.834. The highest BCUT2D eigenvalue weighted by molar-refractivity contribution is 5.84. The zero-order chi connectivity index (χ0) is 16.1. The van der Waals surface area contributed by atoms with E-state index in [4.69, 9.17) is 9.47 Å². The predicted molar refractivity (Wildman–Crippen MR) is 75.1 cm³/mol. The molecule has 6 nitrogen and oxygen atoms in total. The number of carbonyl (C=O) groups is 2. The van der Waals surface area contributed by atoms with Gasteiger partial charge in [-0.2, -0.15) is 0 Å². The van der Waals surface area contributed by atoms with Gasteiger partial charge in [-0.1, -0.05) is 6.07 Å². The summed E-state index contributed by atoms with van der Waals surface area (Å²) in [6, 6.07) is 2.47. The Morgan fingerprint density at radius 2 is 2.32 bits per heavy atom. The van der Waals surface area contributed by atoms with Crippen molar-refractivity contribution in [3.63, 3.8) is 0 Å². The number of carboxylic acid groups (broad SMARTS) is 1. The molecule has 1 saturated heterocycles. The minimum atomic E-state index is -1.31. The number of nitrogens with one attached hydrogen (secondary N) is 1. The Morgan fingerprint density at radius 3 is 2.86 bits per heavy atom. The van der Waals surface area contributed by atoms with Crippen LogP contribution in [0.3, 0.4) is 0 Å². The Bertz CT molecular complexity index is 557. The van der Waals surface area contributed by atoms with Gasteiger partial charge in [0, 0.05) is 6.61 Å². The van der Waals surface area contributed by atoms with Crippen molar-refractivity contribution in [3.8, 4) is 5.75 Å². The van der Waals surface area contributed by atoms with E-state index in [0.29, 0.717) is 6.61 Å². The zero-order valence-electron chi connectivity index (χ0n) is 12.2. The van der Waals surface area contributed by atoms with Gasteiger partial charge >= 0.3 is 5.97 Å². The number of benzene rings is 1. The van der Waals surface area contributed by atoms with Crippen molar-refractivity contribution in [2.45, 2.75) is 31.4 Å². The van der Waals surface area contributed by atoms with Gasteiger partial charge in [0.15, 0.2) is 17.6 Å². The number of hydrogen-bond donors (Lipinski definition) is 2. The summed E-state index contributed by atoms with van der Waals surface area (Å²) in [5, 5.41) is 11.7. The molecule has 1 aliphatic rings. The van der Waals surface area contributed by atoms with Gasteiger partial charge in [0.25, 0.3) is 0 Å². The molecular weight excluding hydrogens is 293 g/mol. The average Bonchev–Trinajstić information content (AvgIpc) is 2.97. The summed E-state index contributed by atoms with van der Waals surface area (Å²) in [6.45, 7) is 0.615. The first kappa shape index (κ1) is 16.2. The maximum Gasteiger partial charge on any atom is 0.330 e. The summed E-state index contributed by atoms with van der Waals surface area (Å²) in [6.07, 6.45) is 1.59. The second-order valence-electron chi connectivity index (χ2n) is 5.07. The number of methoxy groups -OCH3 is 1. The first-order valence-electron chi connectivity index (χ1n) is 6.98. The van der Waals surface area contributed by atoms with Crippen LogP contribution in [-0.2, 0) is 14.3 Å². The van der Waals surface area contributed by atoms with E-state index in [9.17, 15) is 19.1 Å². The molecule has 0 spiro atoms. The van der Waals surface area contributed by atoms with E-state index in [1.807, 2.05) is 0 Å². The number of hydrogen-bond acceptors (Lipinski definition) is 4. The average molecular weight is 311 g/mol. The Balaban J connectivity index is 2.07. The van der Waals surface area contributed by atoms with E-state index in [1.54, 1.807) is 0 Å². The van der Waals surface area contributed by atoms with Gasteiger partial charge < -0.3 is 19.9 Å². The highest BCUT2D eigenvalue weighted by Crippen LogP contribution is 2.23. The Labute approximate surface area is 127 Å². The van der Waals surface area contributed by atoms with Crippen LogP contribution in [0.15, 0.2) is 18.2 Å². The fraction of sp³-hybridized carbons (Fsp3) is 0.467. The second-order valence-corrected chi connectivity index (χ2v) is 5.07. The minimum Gasteiger partial charge on any atom is -0.494 e. The summed E-state index contributed by atoms with van der Waals surface area (Å²) < 4.78 is 23.8. The highest BCUT2D eigenvalue weighted by Gasteiger charge is 2.26. The number of amides is 1.